The van der Waals surface area contributed by atoms with Crippen LogP contribution in [0.15, 0.2) is 0 Å². The van der Waals surface area contributed by atoms with E-state index in [0.29, 0.717) is 6.42 Å². The van der Waals surface area contributed by atoms with E-state index in [1.807, 2.05) is 0 Å². The fraction of sp³-hybridized carbons (Fsp3) is 0.750. The Hall–Kier alpha value is -1.10. The van der Waals surface area contributed by atoms with Crippen molar-refractivity contribution in [2.45, 2.75) is 38.8 Å². The van der Waals surface area contributed by atoms with Crippen molar-refractivity contribution >= 4 is 11.8 Å². The van der Waals surface area contributed by atoms with Gasteiger partial charge in [0.1, 0.15) is 5.54 Å². The summed E-state index contributed by atoms with van der Waals surface area (Å²) in [6.07, 6.45) is 0.528. The molecule has 0 fully saturated rings. The minimum atomic E-state index is -1.04. The van der Waals surface area contributed by atoms with Gasteiger partial charge in [0.15, 0.2) is 0 Å². The van der Waals surface area contributed by atoms with Gasteiger partial charge >= 0.3 is 0 Å². The molecule has 1 atom stereocenters. The molecule has 5 N–H and O–H groups in total. The summed E-state index contributed by atoms with van der Waals surface area (Å²) in [7, 11) is 0. The van der Waals surface area contributed by atoms with E-state index in [4.69, 9.17) is 11.5 Å². The molecule has 0 aliphatic heterocycles. The van der Waals surface area contributed by atoms with Crippen molar-refractivity contribution in [1.29, 1.82) is 0 Å². The van der Waals surface area contributed by atoms with Crippen LogP contribution in [0.1, 0.15) is 27.2 Å². The Morgan fingerprint density at radius 1 is 1.46 bits per heavy atom. The van der Waals surface area contributed by atoms with Crippen molar-refractivity contribution in [3.63, 3.8) is 0 Å². The Morgan fingerprint density at radius 3 is 2.23 bits per heavy atom. The third-order valence-electron chi connectivity index (χ3n) is 1.83. The molecule has 0 unspecified atom stereocenters. The van der Waals surface area contributed by atoms with Gasteiger partial charge in [-0.2, -0.15) is 0 Å². The van der Waals surface area contributed by atoms with E-state index < -0.39 is 17.5 Å². The third-order valence-corrected chi connectivity index (χ3v) is 1.83. The van der Waals surface area contributed by atoms with E-state index >= 15 is 0 Å². The number of nitrogens with two attached hydrogens (primary N) is 2. The van der Waals surface area contributed by atoms with Crippen LogP contribution in [-0.4, -0.2) is 23.4 Å². The molecule has 2 amide bonds. The van der Waals surface area contributed by atoms with Crippen molar-refractivity contribution in [3.8, 4) is 0 Å². The van der Waals surface area contributed by atoms with Crippen molar-refractivity contribution < 1.29 is 9.59 Å². The lowest BCUT2D eigenvalue weighted by Crippen LogP contribution is -2.56. The predicted molar refractivity (Wildman–Crippen MR) is 49.7 cm³/mol. The summed E-state index contributed by atoms with van der Waals surface area (Å²) in [6, 6.07) is -0.585. The lowest BCUT2D eigenvalue weighted by atomic mass is 10.0. The molecule has 0 heterocycles. The van der Waals surface area contributed by atoms with E-state index in [1.165, 1.54) is 13.8 Å². The second-order valence-corrected chi connectivity index (χ2v) is 3.49. The van der Waals surface area contributed by atoms with Gasteiger partial charge in [0, 0.05) is 0 Å². The summed E-state index contributed by atoms with van der Waals surface area (Å²) in [5.41, 5.74) is 9.49. The molecule has 0 aromatic rings. The fourth-order valence-electron chi connectivity index (χ4n) is 0.648. The van der Waals surface area contributed by atoms with Crippen molar-refractivity contribution in [1.82, 2.24) is 5.32 Å². The molecule has 5 nitrogen and oxygen atoms in total. The monoisotopic (exact) mass is 187 g/mol. The molecule has 0 bridgehead atoms. The Balaban J connectivity index is 4.28. The SMILES string of the molecule is CC[C@@H](N)C(=O)NC(C)(C)C(N)=O. The topological polar surface area (TPSA) is 98.2 Å². The van der Waals surface area contributed by atoms with Crippen LogP contribution in [0, 0.1) is 0 Å². The predicted octanol–water partition coefficient (Wildman–Crippen LogP) is -0.896. The minimum Gasteiger partial charge on any atom is -0.368 e. The number of hydrogen-bond acceptors (Lipinski definition) is 3. The first-order valence-corrected chi connectivity index (χ1v) is 4.18. The van der Waals surface area contributed by atoms with E-state index in [-0.39, 0.29) is 5.91 Å². The summed E-state index contributed by atoms with van der Waals surface area (Å²) < 4.78 is 0. The molecule has 0 aliphatic carbocycles. The molecule has 76 valence electrons. The highest BCUT2D eigenvalue weighted by molar-refractivity contribution is 5.91. The maximum atomic E-state index is 11.3. The molecule has 0 radical (unpaired) electrons. The van der Waals surface area contributed by atoms with Crippen molar-refractivity contribution in [2.24, 2.45) is 11.5 Å². The molecule has 0 aliphatic rings. The average Bonchev–Trinajstić information content (AvgIpc) is 2.01. The number of primary amides is 1. The Kier molecular flexibility index (Phi) is 3.87. The van der Waals surface area contributed by atoms with Crippen LogP contribution < -0.4 is 16.8 Å². The molecule has 0 aromatic heterocycles. The molecule has 0 saturated heterocycles. The van der Waals surface area contributed by atoms with Crippen molar-refractivity contribution in [3.05, 3.63) is 0 Å². The summed E-state index contributed by atoms with van der Waals surface area (Å²) in [5, 5.41) is 2.47. The lowest BCUT2D eigenvalue weighted by molar-refractivity contribution is -0.131. The zero-order chi connectivity index (χ0) is 10.6. The Morgan fingerprint density at radius 2 is 1.92 bits per heavy atom. The van der Waals surface area contributed by atoms with Crippen LogP contribution in [-0.2, 0) is 9.59 Å². The minimum absolute atomic E-state index is 0.355. The fourth-order valence-corrected chi connectivity index (χ4v) is 0.648. The van der Waals surface area contributed by atoms with Crippen LogP contribution in [0.3, 0.4) is 0 Å². The Bertz CT molecular complexity index is 213. The summed E-state index contributed by atoms with van der Waals surface area (Å²) in [6.45, 7) is 4.87. The smallest absolute Gasteiger partial charge is 0.242 e. The molecule has 0 saturated carbocycles. The number of carbonyl (C=O) groups excluding carboxylic acids is 2. The first kappa shape index (κ1) is 11.9. The highest BCUT2D eigenvalue weighted by Crippen LogP contribution is 2.01. The summed E-state index contributed by atoms with van der Waals surface area (Å²) in [4.78, 5) is 22.1. The third kappa shape index (κ3) is 3.42. The van der Waals surface area contributed by atoms with E-state index in [1.54, 1.807) is 6.92 Å². The van der Waals surface area contributed by atoms with Gasteiger partial charge < -0.3 is 16.8 Å². The van der Waals surface area contributed by atoms with Gasteiger partial charge in [-0.05, 0) is 20.3 Å². The zero-order valence-electron chi connectivity index (χ0n) is 8.26. The number of rotatable bonds is 4. The molecular weight excluding hydrogens is 170 g/mol. The van der Waals surface area contributed by atoms with E-state index in [2.05, 4.69) is 5.32 Å². The maximum Gasteiger partial charge on any atom is 0.242 e. The van der Waals surface area contributed by atoms with Gasteiger partial charge in [0.25, 0.3) is 0 Å². The van der Waals surface area contributed by atoms with Crippen LogP contribution in [0.25, 0.3) is 0 Å². The van der Waals surface area contributed by atoms with Gasteiger partial charge in [-0.15, -0.1) is 0 Å². The molecular formula is C8H17N3O2. The normalized spacial score (nSPS) is 13.5. The van der Waals surface area contributed by atoms with Crippen LogP contribution >= 0.6 is 0 Å². The zero-order valence-corrected chi connectivity index (χ0v) is 8.26. The average molecular weight is 187 g/mol. The number of carbonyl (C=O) groups is 2. The first-order chi connectivity index (χ1) is 5.81. The lowest BCUT2D eigenvalue weighted by Gasteiger charge is -2.23. The van der Waals surface area contributed by atoms with Crippen molar-refractivity contribution in [2.75, 3.05) is 0 Å². The van der Waals surface area contributed by atoms with Gasteiger partial charge in [-0.3, -0.25) is 9.59 Å². The second kappa shape index (κ2) is 4.23. The Labute approximate surface area is 77.8 Å². The van der Waals surface area contributed by atoms with Gasteiger partial charge in [-0.1, -0.05) is 6.92 Å². The van der Waals surface area contributed by atoms with Gasteiger partial charge in [-0.25, -0.2) is 0 Å². The van der Waals surface area contributed by atoms with E-state index in [9.17, 15) is 9.59 Å². The molecule has 5 heteroatoms. The summed E-state index contributed by atoms with van der Waals surface area (Å²) >= 11 is 0. The highest BCUT2D eigenvalue weighted by Gasteiger charge is 2.28. The van der Waals surface area contributed by atoms with Crippen LogP contribution in [0.2, 0.25) is 0 Å². The maximum absolute atomic E-state index is 11.3. The van der Waals surface area contributed by atoms with Crippen LogP contribution in [0.5, 0.6) is 0 Å². The molecule has 0 rings (SSSR count). The van der Waals surface area contributed by atoms with Gasteiger partial charge in [0.05, 0.1) is 6.04 Å². The standard InChI is InChI=1S/C8H17N3O2/c1-4-5(9)6(12)11-8(2,3)7(10)13/h5H,4,9H2,1-3H3,(H2,10,13)(H,11,12)/t5-/m1/s1. The highest BCUT2D eigenvalue weighted by atomic mass is 16.2. The van der Waals surface area contributed by atoms with Crippen LogP contribution in [0.4, 0.5) is 0 Å². The quantitative estimate of drug-likeness (QED) is 0.532. The number of amides is 2. The molecule has 0 spiro atoms. The molecule has 13 heavy (non-hydrogen) atoms. The number of hydrogen-bond donors (Lipinski definition) is 3. The molecule has 0 aromatic carbocycles. The van der Waals surface area contributed by atoms with Gasteiger partial charge in [0.2, 0.25) is 11.8 Å². The summed E-state index contributed by atoms with van der Waals surface area (Å²) in [5.74, 6) is -0.935. The van der Waals surface area contributed by atoms with E-state index in [0.717, 1.165) is 0 Å². The first-order valence-electron chi connectivity index (χ1n) is 4.18. The number of nitrogens with one attached hydrogen (secondary N) is 1. The largest absolute Gasteiger partial charge is 0.368 e. The second-order valence-electron chi connectivity index (χ2n) is 3.49.